The molecule has 90 valence electrons. The van der Waals surface area contributed by atoms with Crippen LogP contribution >= 0.6 is 11.6 Å². The van der Waals surface area contributed by atoms with Crippen LogP contribution < -0.4 is 5.73 Å². The second-order valence-corrected chi connectivity index (χ2v) is 4.68. The molecule has 0 aliphatic rings. The molecule has 0 bridgehead atoms. The third-order valence-corrected chi connectivity index (χ3v) is 3.18. The highest BCUT2D eigenvalue weighted by atomic mass is 35.5. The average Bonchev–Trinajstić information content (AvgIpc) is 2.78. The molecule has 0 aliphatic heterocycles. The minimum Gasteiger partial charge on any atom is -0.326 e. The molecule has 2 N–H and O–H groups in total. The zero-order valence-corrected chi connectivity index (χ0v) is 10.7. The molecule has 0 saturated carbocycles. The standard InChI is InChI=1S/C13H16ClN3/c1-9(15)13-7-16-8-17(13)10(2)11-3-5-12(14)6-4-11/h3-10H,15H2,1-2H3/t9-,10?/m0/s1. The van der Waals surface area contributed by atoms with Crippen molar-refractivity contribution in [3.05, 3.63) is 53.1 Å². The molecule has 1 aromatic carbocycles. The third kappa shape index (κ3) is 2.51. The SMILES string of the molecule is CC(c1ccc(Cl)cc1)n1cncc1[C@H](C)N. The van der Waals surface area contributed by atoms with E-state index >= 15 is 0 Å². The quantitative estimate of drug-likeness (QED) is 0.908. The van der Waals surface area contributed by atoms with Gasteiger partial charge in [0, 0.05) is 17.3 Å². The Morgan fingerprint density at radius 2 is 1.88 bits per heavy atom. The molecule has 1 heterocycles. The van der Waals surface area contributed by atoms with Crippen LogP contribution in [0.25, 0.3) is 0 Å². The first-order valence-electron chi connectivity index (χ1n) is 5.62. The van der Waals surface area contributed by atoms with E-state index in [0.717, 1.165) is 10.7 Å². The molecule has 2 aromatic rings. The van der Waals surface area contributed by atoms with Gasteiger partial charge in [-0.3, -0.25) is 0 Å². The van der Waals surface area contributed by atoms with Gasteiger partial charge in [0.25, 0.3) is 0 Å². The fourth-order valence-corrected chi connectivity index (χ4v) is 2.02. The van der Waals surface area contributed by atoms with Crippen molar-refractivity contribution < 1.29 is 0 Å². The molecule has 0 fully saturated rings. The molecule has 2 rings (SSSR count). The van der Waals surface area contributed by atoms with Crippen molar-refractivity contribution in [3.8, 4) is 0 Å². The van der Waals surface area contributed by atoms with Gasteiger partial charge in [0.05, 0.1) is 18.1 Å². The molecule has 2 atom stereocenters. The summed E-state index contributed by atoms with van der Waals surface area (Å²) in [6.07, 6.45) is 3.63. The van der Waals surface area contributed by atoms with Gasteiger partial charge in [-0.25, -0.2) is 4.98 Å². The molecule has 0 aliphatic carbocycles. The molecule has 1 aromatic heterocycles. The van der Waals surface area contributed by atoms with Crippen LogP contribution in [0.5, 0.6) is 0 Å². The van der Waals surface area contributed by atoms with E-state index in [0.29, 0.717) is 0 Å². The lowest BCUT2D eigenvalue weighted by Crippen LogP contribution is -2.15. The van der Waals surface area contributed by atoms with Gasteiger partial charge in [-0.05, 0) is 31.5 Å². The van der Waals surface area contributed by atoms with Gasteiger partial charge in [-0.15, -0.1) is 0 Å². The summed E-state index contributed by atoms with van der Waals surface area (Å²) in [5.41, 5.74) is 8.14. The summed E-state index contributed by atoms with van der Waals surface area (Å²) in [6, 6.07) is 8.03. The number of aromatic nitrogens is 2. The van der Waals surface area contributed by atoms with E-state index in [1.54, 1.807) is 0 Å². The van der Waals surface area contributed by atoms with Crippen LogP contribution in [-0.2, 0) is 0 Å². The maximum absolute atomic E-state index is 5.92. The van der Waals surface area contributed by atoms with Gasteiger partial charge >= 0.3 is 0 Å². The Morgan fingerprint density at radius 3 is 2.47 bits per heavy atom. The highest BCUT2D eigenvalue weighted by Gasteiger charge is 2.13. The zero-order chi connectivity index (χ0) is 12.4. The molecule has 0 spiro atoms. The molecule has 3 nitrogen and oxygen atoms in total. The van der Waals surface area contributed by atoms with Crippen molar-refractivity contribution in [2.45, 2.75) is 25.9 Å². The lowest BCUT2D eigenvalue weighted by Gasteiger charge is -2.18. The minimum absolute atomic E-state index is 0.0211. The van der Waals surface area contributed by atoms with Crippen LogP contribution in [0, 0.1) is 0 Å². The summed E-state index contributed by atoms with van der Waals surface area (Å²) in [7, 11) is 0. The van der Waals surface area contributed by atoms with Crippen LogP contribution in [0.2, 0.25) is 5.02 Å². The molecular weight excluding hydrogens is 234 g/mol. The summed E-state index contributed by atoms with van der Waals surface area (Å²) in [4.78, 5) is 4.16. The largest absolute Gasteiger partial charge is 0.326 e. The first-order chi connectivity index (χ1) is 8.09. The van der Waals surface area contributed by atoms with Crippen molar-refractivity contribution in [2.75, 3.05) is 0 Å². The predicted molar refractivity (Wildman–Crippen MR) is 70.1 cm³/mol. The lowest BCUT2D eigenvalue weighted by molar-refractivity contribution is 0.582. The summed E-state index contributed by atoms with van der Waals surface area (Å²) in [5, 5.41) is 0.749. The van der Waals surface area contributed by atoms with Crippen molar-refractivity contribution in [1.29, 1.82) is 0 Å². The molecule has 1 unspecified atom stereocenters. The number of rotatable bonds is 3. The number of nitrogens with two attached hydrogens (primary N) is 1. The Balaban J connectivity index is 2.33. The van der Waals surface area contributed by atoms with Gasteiger partial charge in [0.1, 0.15) is 0 Å². The van der Waals surface area contributed by atoms with Crippen LogP contribution in [-0.4, -0.2) is 9.55 Å². The lowest BCUT2D eigenvalue weighted by atomic mass is 10.1. The summed E-state index contributed by atoms with van der Waals surface area (Å²) < 4.78 is 2.09. The summed E-state index contributed by atoms with van der Waals surface area (Å²) in [6.45, 7) is 4.08. The molecule has 0 amide bonds. The molecular formula is C13H16ClN3. The number of hydrogen-bond donors (Lipinski definition) is 1. The second kappa shape index (κ2) is 4.90. The van der Waals surface area contributed by atoms with Gasteiger partial charge in [-0.1, -0.05) is 23.7 Å². The third-order valence-electron chi connectivity index (χ3n) is 2.93. The normalized spacial score (nSPS) is 14.6. The maximum atomic E-state index is 5.92. The summed E-state index contributed by atoms with van der Waals surface area (Å²) in [5.74, 6) is 0. The molecule has 17 heavy (non-hydrogen) atoms. The van der Waals surface area contributed by atoms with Crippen molar-refractivity contribution in [2.24, 2.45) is 5.73 Å². The number of benzene rings is 1. The Hall–Kier alpha value is -1.32. The van der Waals surface area contributed by atoms with Crippen LogP contribution in [0.4, 0.5) is 0 Å². The van der Waals surface area contributed by atoms with E-state index in [1.165, 1.54) is 5.56 Å². The van der Waals surface area contributed by atoms with E-state index in [1.807, 2.05) is 43.7 Å². The van der Waals surface area contributed by atoms with E-state index in [9.17, 15) is 0 Å². The van der Waals surface area contributed by atoms with E-state index < -0.39 is 0 Å². The highest BCUT2D eigenvalue weighted by molar-refractivity contribution is 6.30. The van der Waals surface area contributed by atoms with E-state index in [2.05, 4.69) is 16.5 Å². The number of halogens is 1. The Kier molecular flexibility index (Phi) is 3.50. The fraction of sp³-hybridized carbons (Fsp3) is 0.308. The summed E-state index contributed by atoms with van der Waals surface area (Å²) >= 11 is 5.88. The van der Waals surface area contributed by atoms with Gasteiger partial charge < -0.3 is 10.3 Å². The molecule has 4 heteroatoms. The van der Waals surface area contributed by atoms with Gasteiger partial charge in [0.2, 0.25) is 0 Å². The number of hydrogen-bond acceptors (Lipinski definition) is 2. The Labute approximate surface area is 106 Å². The monoisotopic (exact) mass is 249 g/mol. The fourth-order valence-electron chi connectivity index (χ4n) is 1.89. The predicted octanol–water partition coefficient (Wildman–Crippen LogP) is 3.17. The number of imidazole rings is 1. The smallest absolute Gasteiger partial charge is 0.0954 e. The average molecular weight is 250 g/mol. The number of nitrogens with zero attached hydrogens (tertiary/aromatic N) is 2. The molecule has 0 saturated heterocycles. The van der Waals surface area contributed by atoms with Crippen LogP contribution in [0.1, 0.15) is 37.2 Å². The topological polar surface area (TPSA) is 43.8 Å². The van der Waals surface area contributed by atoms with Crippen molar-refractivity contribution in [1.82, 2.24) is 9.55 Å². The van der Waals surface area contributed by atoms with Crippen LogP contribution in [0.3, 0.4) is 0 Å². The Bertz CT molecular complexity index is 488. The van der Waals surface area contributed by atoms with Crippen LogP contribution in [0.15, 0.2) is 36.8 Å². The first kappa shape index (κ1) is 12.1. The molecule has 0 radical (unpaired) electrons. The maximum Gasteiger partial charge on any atom is 0.0954 e. The van der Waals surface area contributed by atoms with Crippen molar-refractivity contribution in [3.63, 3.8) is 0 Å². The Morgan fingerprint density at radius 1 is 1.24 bits per heavy atom. The highest BCUT2D eigenvalue weighted by Crippen LogP contribution is 2.23. The first-order valence-corrected chi connectivity index (χ1v) is 6.00. The van der Waals surface area contributed by atoms with Gasteiger partial charge in [0.15, 0.2) is 0 Å². The zero-order valence-electron chi connectivity index (χ0n) is 9.97. The second-order valence-electron chi connectivity index (χ2n) is 4.24. The van der Waals surface area contributed by atoms with Gasteiger partial charge in [-0.2, -0.15) is 0 Å². The minimum atomic E-state index is -0.0211. The van der Waals surface area contributed by atoms with E-state index in [-0.39, 0.29) is 12.1 Å². The van der Waals surface area contributed by atoms with Crippen molar-refractivity contribution >= 4 is 11.6 Å². The van der Waals surface area contributed by atoms with E-state index in [4.69, 9.17) is 17.3 Å².